The molecule has 1 N–H and O–H groups in total. The van der Waals surface area contributed by atoms with Crippen molar-refractivity contribution >= 4 is 38.9 Å². The van der Waals surface area contributed by atoms with Gasteiger partial charge in [0.25, 0.3) is 0 Å². The van der Waals surface area contributed by atoms with Gasteiger partial charge >= 0.3 is 0 Å². The molecule has 172 valence electrons. The van der Waals surface area contributed by atoms with Gasteiger partial charge in [0.15, 0.2) is 5.11 Å². The van der Waals surface area contributed by atoms with Gasteiger partial charge in [0, 0.05) is 33.4 Å². The monoisotopic (exact) mass is 530 g/mol. The van der Waals surface area contributed by atoms with Crippen LogP contribution in [0.15, 0.2) is 83.5 Å². The summed E-state index contributed by atoms with van der Waals surface area (Å²) in [7, 11) is 0. The molecule has 4 nitrogen and oxygen atoms in total. The van der Waals surface area contributed by atoms with Gasteiger partial charge in [-0.2, -0.15) is 0 Å². The number of anilines is 1. The van der Waals surface area contributed by atoms with Crippen LogP contribution in [0, 0.1) is 13.8 Å². The molecule has 0 amide bonds. The fraction of sp³-hybridized carbons (Fsp3) is 0.214. The number of pyridine rings is 1. The van der Waals surface area contributed by atoms with Crippen LogP contribution in [0.5, 0.6) is 0 Å². The average Bonchev–Trinajstić information content (AvgIpc) is 3.35. The Bertz CT molecular complexity index is 1310. The van der Waals surface area contributed by atoms with Crippen LogP contribution in [-0.2, 0) is 6.42 Å². The molecule has 2 aromatic carbocycles. The molecule has 0 aliphatic carbocycles. The zero-order valence-corrected chi connectivity index (χ0v) is 21.9. The van der Waals surface area contributed by atoms with E-state index in [0.29, 0.717) is 0 Å². The van der Waals surface area contributed by atoms with E-state index in [9.17, 15) is 0 Å². The van der Waals surface area contributed by atoms with Gasteiger partial charge in [0.1, 0.15) is 0 Å². The van der Waals surface area contributed by atoms with Crippen molar-refractivity contribution in [3.05, 3.63) is 112 Å². The fourth-order valence-corrected chi connectivity index (χ4v) is 5.53. The Morgan fingerprint density at radius 1 is 0.971 bits per heavy atom. The normalized spacial score (nSPS) is 17.8. The Hall–Kier alpha value is -2.96. The van der Waals surface area contributed by atoms with Gasteiger partial charge in [0.05, 0.1) is 17.8 Å². The van der Waals surface area contributed by atoms with Crippen molar-refractivity contribution in [1.82, 2.24) is 14.9 Å². The highest BCUT2D eigenvalue weighted by Crippen LogP contribution is 2.43. The summed E-state index contributed by atoms with van der Waals surface area (Å²) >= 11 is 9.46. The van der Waals surface area contributed by atoms with Gasteiger partial charge in [-0.25, -0.2) is 0 Å². The molecule has 1 aliphatic rings. The van der Waals surface area contributed by atoms with Gasteiger partial charge < -0.3 is 14.8 Å². The summed E-state index contributed by atoms with van der Waals surface area (Å²) in [6.45, 7) is 6.53. The lowest BCUT2D eigenvalue weighted by molar-refractivity contribution is 0.565. The van der Waals surface area contributed by atoms with Crippen molar-refractivity contribution in [1.29, 1.82) is 0 Å². The van der Waals surface area contributed by atoms with E-state index in [0.717, 1.165) is 33.1 Å². The summed E-state index contributed by atoms with van der Waals surface area (Å²) in [6, 6.07) is 25.4. The minimum atomic E-state index is -0.0570. The molecule has 2 atom stereocenters. The predicted molar refractivity (Wildman–Crippen MR) is 147 cm³/mol. The molecule has 4 aromatic rings. The Balaban J connectivity index is 1.66. The van der Waals surface area contributed by atoms with E-state index in [1.807, 2.05) is 18.3 Å². The van der Waals surface area contributed by atoms with Crippen molar-refractivity contribution in [2.75, 3.05) is 4.90 Å². The van der Waals surface area contributed by atoms with Crippen molar-refractivity contribution in [2.45, 2.75) is 39.3 Å². The van der Waals surface area contributed by atoms with Gasteiger partial charge in [0.2, 0.25) is 0 Å². The van der Waals surface area contributed by atoms with Crippen LogP contribution in [0.4, 0.5) is 5.69 Å². The zero-order valence-electron chi connectivity index (χ0n) is 19.5. The minimum absolute atomic E-state index is 0.0229. The Kier molecular flexibility index (Phi) is 6.28. The third-order valence-electron chi connectivity index (χ3n) is 6.59. The number of hydrogen-bond acceptors (Lipinski definition) is 2. The maximum Gasteiger partial charge on any atom is 0.174 e. The second-order valence-corrected chi connectivity index (χ2v) is 9.96. The topological polar surface area (TPSA) is 33.1 Å². The summed E-state index contributed by atoms with van der Waals surface area (Å²) < 4.78 is 3.39. The zero-order chi connectivity index (χ0) is 23.8. The van der Waals surface area contributed by atoms with Crippen molar-refractivity contribution in [3.8, 4) is 5.69 Å². The second-order valence-electron chi connectivity index (χ2n) is 8.65. The van der Waals surface area contributed by atoms with Crippen LogP contribution in [0.2, 0.25) is 0 Å². The molecule has 2 unspecified atom stereocenters. The first-order valence-electron chi connectivity index (χ1n) is 11.5. The summed E-state index contributed by atoms with van der Waals surface area (Å²) in [5.74, 6) is 0. The fourth-order valence-electron chi connectivity index (χ4n) is 4.92. The molecule has 1 aliphatic heterocycles. The summed E-state index contributed by atoms with van der Waals surface area (Å²) in [6.07, 6.45) is 2.86. The molecule has 0 spiro atoms. The van der Waals surface area contributed by atoms with Crippen LogP contribution < -0.4 is 10.2 Å². The molecule has 0 saturated carbocycles. The van der Waals surface area contributed by atoms with E-state index in [1.165, 1.54) is 22.5 Å². The van der Waals surface area contributed by atoms with Gasteiger partial charge in [-0.05, 0) is 98.2 Å². The quantitative estimate of drug-likeness (QED) is 0.282. The third-order valence-corrected chi connectivity index (χ3v) is 7.44. The first-order valence-corrected chi connectivity index (χ1v) is 12.7. The number of hydrogen-bond donors (Lipinski definition) is 1. The van der Waals surface area contributed by atoms with Gasteiger partial charge in [-0.1, -0.05) is 41.1 Å². The molecule has 1 fully saturated rings. The largest absolute Gasteiger partial charge is 0.351 e. The van der Waals surface area contributed by atoms with Crippen molar-refractivity contribution in [2.24, 2.45) is 0 Å². The van der Waals surface area contributed by atoms with E-state index < -0.39 is 0 Å². The van der Waals surface area contributed by atoms with Gasteiger partial charge in [-0.3, -0.25) is 4.98 Å². The summed E-state index contributed by atoms with van der Waals surface area (Å²) in [5, 5.41) is 4.30. The number of nitrogens with one attached hydrogen (secondary N) is 1. The third kappa shape index (κ3) is 4.05. The molecule has 1 saturated heterocycles. The lowest BCUT2D eigenvalue weighted by Gasteiger charge is -2.28. The van der Waals surface area contributed by atoms with Crippen LogP contribution in [-0.4, -0.2) is 14.7 Å². The molecule has 34 heavy (non-hydrogen) atoms. The van der Waals surface area contributed by atoms with Crippen LogP contribution in [0.1, 0.15) is 47.2 Å². The first kappa shape index (κ1) is 22.8. The molecular formula is C28H27BrN4S. The molecule has 2 aromatic heterocycles. The first-order chi connectivity index (χ1) is 16.5. The van der Waals surface area contributed by atoms with E-state index >= 15 is 0 Å². The number of aromatic nitrogens is 2. The lowest BCUT2D eigenvalue weighted by atomic mass is 9.96. The Morgan fingerprint density at radius 2 is 1.68 bits per heavy atom. The predicted octanol–water partition coefficient (Wildman–Crippen LogP) is 6.99. The summed E-state index contributed by atoms with van der Waals surface area (Å²) in [5.41, 5.74) is 8.16. The highest BCUT2D eigenvalue weighted by Gasteiger charge is 2.42. The smallest absolute Gasteiger partial charge is 0.174 e. The Morgan fingerprint density at radius 3 is 2.32 bits per heavy atom. The highest BCUT2D eigenvalue weighted by atomic mass is 79.9. The Labute approximate surface area is 214 Å². The molecule has 3 heterocycles. The average molecular weight is 532 g/mol. The van der Waals surface area contributed by atoms with Crippen molar-refractivity contribution < 1.29 is 0 Å². The number of halogens is 1. The number of aryl methyl sites for hydroxylation is 2. The number of rotatable bonds is 5. The molecular weight excluding hydrogens is 504 g/mol. The maximum atomic E-state index is 5.90. The molecule has 6 heteroatoms. The highest BCUT2D eigenvalue weighted by molar-refractivity contribution is 9.10. The summed E-state index contributed by atoms with van der Waals surface area (Å²) in [4.78, 5) is 6.94. The van der Waals surface area contributed by atoms with E-state index in [4.69, 9.17) is 17.2 Å². The lowest BCUT2D eigenvalue weighted by Crippen LogP contribution is -2.29. The SMILES string of the molecule is CCc1ccc(N2C(=S)NC(c3ccccn3)C2c2cc(C)n(-c3ccc(Br)cc3)c2C)cc1. The molecule has 0 bridgehead atoms. The van der Waals surface area contributed by atoms with E-state index in [1.54, 1.807) is 0 Å². The van der Waals surface area contributed by atoms with E-state index in [2.05, 4.69) is 112 Å². The maximum absolute atomic E-state index is 5.90. The molecule has 0 radical (unpaired) electrons. The minimum Gasteiger partial charge on any atom is -0.351 e. The van der Waals surface area contributed by atoms with Crippen LogP contribution in [0.3, 0.4) is 0 Å². The standard InChI is InChI=1S/C28H27BrN4S/c1-4-20-8-12-23(13-9-20)33-27(26(31-28(33)34)25-7-5-6-16-30-25)24-17-18(2)32(19(24)3)22-14-10-21(29)11-15-22/h5-17,26-27H,4H2,1-3H3,(H,31,34). The number of benzene rings is 2. The van der Waals surface area contributed by atoms with Gasteiger partial charge in [-0.15, -0.1) is 0 Å². The second kappa shape index (κ2) is 9.35. The van der Waals surface area contributed by atoms with Crippen molar-refractivity contribution in [3.63, 3.8) is 0 Å². The molecule has 5 rings (SSSR count). The van der Waals surface area contributed by atoms with Crippen LogP contribution >= 0.6 is 28.1 Å². The number of nitrogens with zero attached hydrogens (tertiary/aromatic N) is 3. The number of thiocarbonyl (C=S) groups is 1. The van der Waals surface area contributed by atoms with E-state index in [-0.39, 0.29) is 12.1 Å². The van der Waals surface area contributed by atoms with Crippen LogP contribution in [0.25, 0.3) is 5.69 Å².